The zero-order valence-electron chi connectivity index (χ0n) is 9.86. The molecule has 0 spiro atoms. The van der Waals surface area contributed by atoms with Crippen molar-refractivity contribution in [2.75, 3.05) is 0 Å². The molecule has 0 bridgehead atoms. The minimum atomic E-state index is 0.0822. The van der Waals surface area contributed by atoms with Crippen LogP contribution in [0.5, 0.6) is 0 Å². The predicted molar refractivity (Wildman–Crippen MR) is 77.8 cm³/mol. The molecule has 0 amide bonds. The van der Waals surface area contributed by atoms with Gasteiger partial charge in [0.2, 0.25) is 0 Å². The number of Topliss-reactive ketones (excluding diaryl/α,β-unsaturated/α-hetero) is 1. The first-order chi connectivity index (χ1) is 8.60. The molecule has 3 nitrogen and oxygen atoms in total. The summed E-state index contributed by atoms with van der Waals surface area (Å²) in [5.74, 6) is 0.0822. The summed E-state index contributed by atoms with van der Waals surface area (Å²) < 4.78 is 3.54. The van der Waals surface area contributed by atoms with Crippen molar-refractivity contribution in [2.24, 2.45) is 0 Å². The molecule has 2 aromatic rings. The standard InChI is InChI=1S/C13H12Br2N2O/c1-2-17-8-9(7-16-17)5-13(18)11-6-10(14)3-4-12(11)15/h3-4,6-8H,2,5H2,1H3. The van der Waals surface area contributed by atoms with E-state index < -0.39 is 0 Å². The molecule has 1 aromatic heterocycles. The molecule has 0 saturated heterocycles. The molecule has 1 heterocycles. The normalized spacial score (nSPS) is 10.6. The molecular weight excluding hydrogens is 360 g/mol. The van der Waals surface area contributed by atoms with Crippen LogP contribution in [0.25, 0.3) is 0 Å². The molecule has 18 heavy (non-hydrogen) atoms. The summed E-state index contributed by atoms with van der Waals surface area (Å²) in [5.41, 5.74) is 1.63. The van der Waals surface area contributed by atoms with Gasteiger partial charge < -0.3 is 0 Å². The van der Waals surface area contributed by atoms with E-state index >= 15 is 0 Å². The Hall–Kier alpha value is -0.940. The highest BCUT2D eigenvalue weighted by molar-refractivity contribution is 9.11. The first-order valence-corrected chi connectivity index (χ1v) is 7.18. The lowest BCUT2D eigenvalue weighted by molar-refractivity contribution is 0.0992. The van der Waals surface area contributed by atoms with Crippen LogP contribution in [-0.2, 0) is 13.0 Å². The Bertz CT molecular complexity index is 578. The maximum atomic E-state index is 12.2. The Morgan fingerprint density at radius 1 is 1.39 bits per heavy atom. The summed E-state index contributed by atoms with van der Waals surface area (Å²) in [6, 6.07) is 5.60. The topological polar surface area (TPSA) is 34.9 Å². The summed E-state index contributed by atoms with van der Waals surface area (Å²) in [4.78, 5) is 12.2. The third kappa shape index (κ3) is 3.09. The SMILES string of the molecule is CCn1cc(CC(=O)c2cc(Br)ccc2Br)cn1. The maximum Gasteiger partial charge on any atom is 0.168 e. The molecule has 1 aromatic carbocycles. The van der Waals surface area contributed by atoms with E-state index in [0.717, 1.165) is 21.1 Å². The van der Waals surface area contributed by atoms with E-state index in [1.165, 1.54) is 0 Å². The Morgan fingerprint density at radius 3 is 2.83 bits per heavy atom. The molecule has 0 N–H and O–H groups in total. The van der Waals surface area contributed by atoms with Gasteiger partial charge in [0.25, 0.3) is 0 Å². The van der Waals surface area contributed by atoms with Crippen molar-refractivity contribution in [1.29, 1.82) is 0 Å². The maximum absolute atomic E-state index is 12.2. The van der Waals surface area contributed by atoms with Gasteiger partial charge in [-0.1, -0.05) is 31.9 Å². The number of nitrogens with zero attached hydrogens (tertiary/aromatic N) is 2. The average molecular weight is 372 g/mol. The van der Waals surface area contributed by atoms with E-state index in [1.807, 2.05) is 36.0 Å². The molecular formula is C13H12Br2N2O. The van der Waals surface area contributed by atoms with Crippen LogP contribution >= 0.6 is 31.9 Å². The van der Waals surface area contributed by atoms with Gasteiger partial charge in [0, 0.05) is 33.7 Å². The van der Waals surface area contributed by atoms with Gasteiger partial charge in [0.1, 0.15) is 0 Å². The second kappa shape index (κ2) is 5.80. The lowest BCUT2D eigenvalue weighted by atomic mass is 10.1. The molecule has 0 aliphatic heterocycles. The van der Waals surface area contributed by atoms with Gasteiger partial charge in [-0.05, 0) is 30.7 Å². The number of ketones is 1. The average Bonchev–Trinajstić information content (AvgIpc) is 2.80. The highest BCUT2D eigenvalue weighted by Gasteiger charge is 2.12. The molecule has 5 heteroatoms. The van der Waals surface area contributed by atoms with Crippen molar-refractivity contribution in [2.45, 2.75) is 19.9 Å². The first kappa shape index (κ1) is 13.5. The summed E-state index contributed by atoms with van der Waals surface area (Å²) in [7, 11) is 0. The quantitative estimate of drug-likeness (QED) is 0.765. The number of hydrogen-bond donors (Lipinski definition) is 0. The van der Waals surface area contributed by atoms with Gasteiger partial charge in [-0.25, -0.2) is 0 Å². The fourth-order valence-corrected chi connectivity index (χ4v) is 2.49. The second-order valence-corrected chi connectivity index (χ2v) is 5.70. The Balaban J connectivity index is 2.19. The number of aryl methyl sites for hydroxylation is 1. The number of benzene rings is 1. The van der Waals surface area contributed by atoms with Gasteiger partial charge in [0.05, 0.1) is 6.20 Å². The molecule has 0 atom stereocenters. The molecule has 0 radical (unpaired) electrons. The largest absolute Gasteiger partial charge is 0.294 e. The van der Waals surface area contributed by atoms with Crippen LogP contribution in [0.2, 0.25) is 0 Å². The van der Waals surface area contributed by atoms with Gasteiger partial charge in [-0.3, -0.25) is 9.48 Å². The van der Waals surface area contributed by atoms with Gasteiger partial charge in [-0.15, -0.1) is 0 Å². The lowest BCUT2D eigenvalue weighted by Gasteiger charge is -2.03. The van der Waals surface area contributed by atoms with Crippen molar-refractivity contribution in [1.82, 2.24) is 9.78 Å². The van der Waals surface area contributed by atoms with Crippen LogP contribution in [0.4, 0.5) is 0 Å². The molecule has 0 fully saturated rings. The van der Waals surface area contributed by atoms with E-state index in [4.69, 9.17) is 0 Å². The highest BCUT2D eigenvalue weighted by atomic mass is 79.9. The smallest absolute Gasteiger partial charge is 0.168 e. The zero-order valence-corrected chi connectivity index (χ0v) is 13.0. The number of carbonyl (C=O) groups excluding carboxylic acids is 1. The number of hydrogen-bond acceptors (Lipinski definition) is 2. The third-order valence-corrected chi connectivity index (χ3v) is 3.79. The highest BCUT2D eigenvalue weighted by Crippen LogP contribution is 2.23. The van der Waals surface area contributed by atoms with Crippen LogP contribution in [0.15, 0.2) is 39.5 Å². The van der Waals surface area contributed by atoms with Crippen molar-refractivity contribution in [3.8, 4) is 0 Å². The van der Waals surface area contributed by atoms with Gasteiger partial charge in [-0.2, -0.15) is 5.10 Å². The Kier molecular flexibility index (Phi) is 4.35. The van der Waals surface area contributed by atoms with E-state index in [2.05, 4.69) is 37.0 Å². The van der Waals surface area contributed by atoms with Gasteiger partial charge >= 0.3 is 0 Å². The number of aromatic nitrogens is 2. The van der Waals surface area contributed by atoms with Crippen LogP contribution in [0.1, 0.15) is 22.8 Å². The van der Waals surface area contributed by atoms with Crippen molar-refractivity contribution in [3.63, 3.8) is 0 Å². The molecule has 0 saturated carbocycles. The fraction of sp³-hybridized carbons (Fsp3) is 0.231. The van der Waals surface area contributed by atoms with E-state index in [1.54, 1.807) is 6.20 Å². The fourth-order valence-electron chi connectivity index (χ4n) is 1.66. The van der Waals surface area contributed by atoms with Crippen molar-refractivity contribution in [3.05, 3.63) is 50.7 Å². The van der Waals surface area contributed by atoms with Crippen LogP contribution < -0.4 is 0 Å². The number of carbonyl (C=O) groups is 1. The summed E-state index contributed by atoms with van der Waals surface area (Å²) >= 11 is 6.78. The van der Waals surface area contributed by atoms with E-state index in [9.17, 15) is 4.79 Å². The third-order valence-electron chi connectivity index (χ3n) is 2.60. The number of rotatable bonds is 4. The molecule has 0 aliphatic rings. The van der Waals surface area contributed by atoms with Crippen molar-refractivity contribution >= 4 is 37.6 Å². The van der Waals surface area contributed by atoms with Gasteiger partial charge in [0.15, 0.2) is 5.78 Å². The van der Waals surface area contributed by atoms with Crippen LogP contribution in [0.3, 0.4) is 0 Å². The molecule has 94 valence electrons. The van der Waals surface area contributed by atoms with E-state index in [0.29, 0.717) is 12.0 Å². The predicted octanol–water partition coefficient (Wildman–Crippen LogP) is 3.85. The monoisotopic (exact) mass is 370 g/mol. The minimum Gasteiger partial charge on any atom is -0.294 e. The molecule has 2 rings (SSSR count). The van der Waals surface area contributed by atoms with Crippen LogP contribution in [0, 0.1) is 0 Å². The zero-order chi connectivity index (χ0) is 13.1. The molecule has 0 aliphatic carbocycles. The molecule has 0 unspecified atom stereocenters. The minimum absolute atomic E-state index is 0.0822. The van der Waals surface area contributed by atoms with Crippen molar-refractivity contribution < 1.29 is 4.79 Å². The summed E-state index contributed by atoms with van der Waals surface area (Å²) in [5, 5.41) is 4.16. The first-order valence-electron chi connectivity index (χ1n) is 5.59. The summed E-state index contributed by atoms with van der Waals surface area (Å²) in [6.07, 6.45) is 4.02. The second-order valence-electron chi connectivity index (χ2n) is 3.93. The lowest BCUT2D eigenvalue weighted by Crippen LogP contribution is -2.04. The number of halogens is 2. The van der Waals surface area contributed by atoms with E-state index in [-0.39, 0.29) is 5.78 Å². The Labute approximate surface area is 122 Å². The summed E-state index contributed by atoms with van der Waals surface area (Å²) in [6.45, 7) is 2.83. The Morgan fingerprint density at radius 2 is 2.17 bits per heavy atom. The van der Waals surface area contributed by atoms with Crippen LogP contribution in [-0.4, -0.2) is 15.6 Å².